The molecule has 17 heteroatoms. The zero-order valence-corrected chi connectivity index (χ0v) is 22.6. The van der Waals surface area contributed by atoms with Crippen LogP contribution in [0.5, 0.6) is 0 Å². The second-order valence-electron chi connectivity index (χ2n) is 8.83. The number of aliphatic hydroxyl groups is 3. The highest BCUT2D eigenvalue weighted by Gasteiger charge is 2.12. The van der Waals surface area contributed by atoms with Gasteiger partial charge in [0.05, 0.1) is 19.3 Å². The topological polar surface area (TPSA) is 262 Å². The van der Waals surface area contributed by atoms with Crippen LogP contribution in [0, 0.1) is 0 Å². The maximum absolute atomic E-state index is 10.6. The molecule has 2 aromatic carbocycles. The van der Waals surface area contributed by atoms with E-state index in [0.717, 1.165) is 0 Å². The maximum atomic E-state index is 10.6. The Kier molecular flexibility index (Phi) is 10.6. The van der Waals surface area contributed by atoms with E-state index in [9.17, 15) is 5.11 Å². The van der Waals surface area contributed by atoms with Crippen molar-refractivity contribution in [3.8, 4) is 0 Å². The summed E-state index contributed by atoms with van der Waals surface area (Å²) in [6.45, 7) is 0.419. The highest BCUT2D eigenvalue weighted by Crippen LogP contribution is 2.19. The normalized spacial score (nSPS) is 11.4. The van der Waals surface area contributed by atoms with Crippen molar-refractivity contribution in [2.24, 2.45) is 0 Å². The van der Waals surface area contributed by atoms with E-state index in [4.69, 9.17) is 21.7 Å². The molecule has 4 rings (SSSR count). The van der Waals surface area contributed by atoms with Gasteiger partial charge in [-0.05, 0) is 42.5 Å². The summed E-state index contributed by atoms with van der Waals surface area (Å²) < 4.78 is 0. The van der Waals surface area contributed by atoms with E-state index in [-0.39, 0.29) is 75.1 Å². The lowest BCUT2D eigenvalue weighted by Crippen LogP contribution is -2.29. The van der Waals surface area contributed by atoms with Gasteiger partial charge in [0.15, 0.2) is 0 Å². The smallest absolute Gasteiger partial charge is 0.233 e. The molecule has 222 valence electrons. The van der Waals surface area contributed by atoms with Crippen molar-refractivity contribution in [3.05, 3.63) is 48.5 Å². The van der Waals surface area contributed by atoms with Gasteiger partial charge in [-0.3, -0.25) is 0 Å². The molecule has 1 atom stereocenters. The molecule has 0 aliphatic heterocycles. The number of nitrogens with one attached hydrogen (secondary N) is 6. The molecule has 0 spiro atoms. The molecular formula is C25H34N14O3. The Balaban J connectivity index is 1.39. The first-order valence-electron chi connectivity index (χ1n) is 13.0. The summed E-state index contributed by atoms with van der Waals surface area (Å²) in [5, 5.41) is 46.9. The maximum Gasteiger partial charge on any atom is 0.233 e. The molecule has 42 heavy (non-hydrogen) atoms. The van der Waals surface area contributed by atoms with Gasteiger partial charge >= 0.3 is 0 Å². The fourth-order valence-corrected chi connectivity index (χ4v) is 3.45. The Morgan fingerprint density at radius 1 is 0.571 bits per heavy atom. The number of rotatable bonds is 16. The molecule has 17 nitrogen and oxygen atoms in total. The lowest BCUT2D eigenvalue weighted by Gasteiger charge is -2.15. The Hall–Kier alpha value is -5.26. The number of hydrogen-bond donors (Lipinski definition) is 11. The summed E-state index contributed by atoms with van der Waals surface area (Å²) in [6, 6.07) is 14.1. The molecule has 0 bridgehead atoms. The molecule has 0 fully saturated rings. The van der Waals surface area contributed by atoms with Crippen LogP contribution in [0.2, 0.25) is 0 Å². The van der Waals surface area contributed by atoms with Gasteiger partial charge in [-0.25, -0.2) is 0 Å². The van der Waals surface area contributed by atoms with Gasteiger partial charge in [0.1, 0.15) is 0 Å². The lowest BCUT2D eigenvalue weighted by molar-refractivity contribution is 0.200. The van der Waals surface area contributed by atoms with Crippen LogP contribution in [-0.2, 0) is 0 Å². The van der Waals surface area contributed by atoms with E-state index in [1.54, 1.807) is 42.5 Å². The number of nitrogens with two attached hydrogens (primary N) is 2. The third-order valence-corrected chi connectivity index (χ3v) is 5.36. The van der Waals surface area contributed by atoms with Crippen LogP contribution in [0.3, 0.4) is 0 Å². The zero-order chi connectivity index (χ0) is 29.7. The minimum absolute atomic E-state index is 0.0748. The first-order valence-corrected chi connectivity index (χ1v) is 13.0. The predicted octanol–water partition coefficient (Wildman–Crippen LogP) is 0.402. The number of aliphatic hydroxyl groups excluding tert-OH is 3. The second kappa shape index (κ2) is 14.9. The van der Waals surface area contributed by atoms with Gasteiger partial charge in [0.2, 0.25) is 35.7 Å². The third kappa shape index (κ3) is 9.44. The highest BCUT2D eigenvalue weighted by molar-refractivity contribution is 5.61. The standard InChI is InChI=1S/C25H34N14O3/c26-15-4-6-17(7-5-15)32-24-36-20(28-8-10-40)34-22(38-24)30-13-19(42)14-31-23-35-21(29-9-11-41)37-25(39-23)33-18-3-1-2-16(27)12-18/h1-7,12,19,40-42H,8-11,13-14,26-27H2,(H3,28,30,32,34,36,38)(H3,29,31,33,35,37,39). The monoisotopic (exact) mass is 578 g/mol. The molecule has 0 aliphatic rings. The molecule has 4 aromatic rings. The van der Waals surface area contributed by atoms with E-state index >= 15 is 0 Å². The van der Waals surface area contributed by atoms with E-state index in [1.807, 2.05) is 6.07 Å². The SMILES string of the molecule is Nc1ccc(Nc2nc(NCCO)nc(NCC(O)CNc3nc(NCCO)nc(Nc4cccc(N)c4)n3)n2)cc1. The van der Waals surface area contributed by atoms with Gasteiger partial charge in [-0.15, -0.1) is 0 Å². The van der Waals surface area contributed by atoms with Crippen LogP contribution < -0.4 is 43.4 Å². The second-order valence-corrected chi connectivity index (χ2v) is 8.83. The lowest BCUT2D eigenvalue weighted by atomic mass is 10.3. The van der Waals surface area contributed by atoms with Crippen molar-refractivity contribution < 1.29 is 15.3 Å². The molecule has 2 aromatic heterocycles. The molecule has 0 saturated carbocycles. The van der Waals surface area contributed by atoms with E-state index in [2.05, 4.69) is 61.8 Å². The van der Waals surface area contributed by atoms with Gasteiger partial charge in [-0.1, -0.05) is 6.07 Å². The van der Waals surface area contributed by atoms with Gasteiger partial charge in [0, 0.05) is 48.9 Å². The molecule has 0 saturated heterocycles. The van der Waals surface area contributed by atoms with Crippen LogP contribution in [-0.4, -0.2) is 90.7 Å². The summed E-state index contributed by atoms with van der Waals surface area (Å²) in [4.78, 5) is 25.9. The quantitative estimate of drug-likeness (QED) is 0.0803. The minimum Gasteiger partial charge on any atom is -0.399 e. The van der Waals surface area contributed by atoms with Crippen LogP contribution >= 0.6 is 0 Å². The molecule has 0 amide bonds. The molecule has 13 N–H and O–H groups in total. The van der Waals surface area contributed by atoms with Gasteiger partial charge < -0.3 is 58.7 Å². The van der Waals surface area contributed by atoms with Crippen molar-refractivity contribution >= 4 is 58.4 Å². The number of hydrogen-bond acceptors (Lipinski definition) is 17. The summed E-state index contributed by atoms with van der Waals surface area (Å²) in [6.07, 6.45) is -0.903. The Bertz CT molecular complexity index is 1430. The Morgan fingerprint density at radius 2 is 1.05 bits per heavy atom. The summed E-state index contributed by atoms with van der Waals surface area (Å²) in [7, 11) is 0. The van der Waals surface area contributed by atoms with Crippen molar-refractivity contribution in [1.82, 2.24) is 29.9 Å². The first kappa shape index (κ1) is 29.7. The average molecular weight is 579 g/mol. The number of aromatic nitrogens is 6. The molecule has 2 heterocycles. The third-order valence-electron chi connectivity index (χ3n) is 5.36. The van der Waals surface area contributed by atoms with E-state index < -0.39 is 6.10 Å². The van der Waals surface area contributed by atoms with E-state index in [0.29, 0.717) is 22.7 Å². The first-order chi connectivity index (χ1) is 20.4. The zero-order valence-electron chi connectivity index (χ0n) is 22.6. The fraction of sp³-hybridized carbons (Fsp3) is 0.280. The fourth-order valence-electron chi connectivity index (χ4n) is 3.45. The van der Waals surface area contributed by atoms with Crippen molar-refractivity contribution in [1.29, 1.82) is 0 Å². The molecular weight excluding hydrogens is 544 g/mol. The number of benzene rings is 2. The van der Waals surface area contributed by atoms with Gasteiger partial charge in [0.25, 0.3) is 0 Å². The largest absolute Gasteiger partial charge is 0.399 e. The van der Waals surface area contributed by atoms with Crippen molar-refractivity contribution in [3.63, 3.8) is 0 Å². The molecule has 1 unspecified atom stereocenters. The van der Waals surface area contributed by atoms with Crippen LogP contribution in [0.15, 0.2) is 48.5 Å². The summed E-state index contributed by atoms with van der Waals surface area (Å²) in [5.74, 6) is 1.35. The van der Waals surface area contributed by atoms with Gasteiger partial charge in [-0.2, -0.15) is 29.9 Å². The van der Waals surface area contributed by atoms with Crippen LogP contribution in [0.1, 0.15) is 0 Å². The highest BCUT2D eigenvalue weighted by atomic mass is 16.3. The van der Waals surface area contributed by atoms with Crippen molar-refractivity contribution in [2.75, 3.05) is 82.8 Å². The number of anilines is 10. The molecule has 0 radical (unpaired) electrons. The Labute approximate surface area is 241 Å². The van der Waals surface area contributed by atoms with Crippen molar-refractivity contribution in [2.45, 2.75) is 6.10 Å². The Morgan fingerprint density at radius 3 is 1.55 bits per heavy atom. The number of nitrogen functional groups attached to an aromatic ring is 2. The summed E-state index contributed by atoms with van der Waals surface area (Å²) >= 11 is 0. The average Bonchev–Trinajstić information content (AvgIpc) is 2.98. The predicted molar refractivity (Wildman–Crippen MR) is 162 cm³/mol. The molecule has 0 aliphatic carbocycles. The summed E-state index contributed by atoms with van der Waals surface area (Å²) in [5.41, 5.74) is 14.2. The van der Waals surface area contributed by atoms with Crippen LogP contribution in [0.25, 0.3) is 0 Å². The minimum atomic E-state index is -0.903. The van der Waals surface area contributed by atoms with E-state index in [1.165, 1.54) is 0 Å². The number of nitrogens with zero attached hydrogens (tertiary/aromatic N) is 6. The van der Waals surface area contributed by atoms with Crippen LogP contribution in [0.4, 0.5) is 58.4 Å².